The molecule has 20 heavy (non-hydrogen) atoms. The Morgan fingerprint density at radius 3 is 2.90 bits per heavy atom. The van der Waals surface area contributed by atoms with Crippen LogP contribution in [0.2, 0.25) is 0 Å². The molecule has 0 saturated heterocycles. The van der Waals surface area contributed by atoms with E-state index in [1.165, 1.54) is 0 Å². The Morgan fingerprint density at radius 2 is 2.25 bits per heavy atom. The number of hydrogen-bond acceptors (Lipinski definition) is 3. The van der Waals surface area contributed by atoms with Gasteiger partial charge in [0.2, 0.25) is 0 Å². The molecule has 0 bridgehead atoms. The molecular formula is C16H21NO2S. The molecule has 0 fully saturated rings. The first-order chi connectivity index (χ1) is 9.60. The average molecular weight is 291 g/mol. The van der Waals surface area contributed by atoms with Crippen LogP contribution in [0.25, 0.3) is 0 Å². The molecule has 1 rings (SSSR count). The summed E-state index contributed by atoms with van der Waals surface area (Å²) < 4.78 is 0. The van der Waals surface area contributed by atoms with E-state index in [0.29, 0.717) is 18.0 Å². The Kier molecular flexibility index (Phi) is 7.21. The van der Waals surface area contributed by atoms with Crippen molar-refractivity contribution >= 4 is 17.7 Å². The highest BCUT2D eigenvalue weighted by atomic mass is 32.2. The van der Waals surface area contributed by atoms with Gasteiger partial charge in [0, 0.05) is 17.7 Å². The fraction of sp³-hybridized carbons (Fsp3) is 0.438. The second-order valence-electron chi connectivity index (χ2n) is 4.71. The topological polar surface area (TPSA) is 49.3 Å². The number of amides is 1. The van der Waals surface area contributed by atoms with E-state index in [1.807, 2.05) is 19.1 Å². The molecule has 0 aliphatic heterocycles. The molecule has 1 atom stereocenters. The monoisotopic (exact) mass is 291 g/mol. The van der Waals surface area contributed by atoms with Gasteiger partial charge >= 0.3 is 0 Å². The lowest BCUT2D eigenvalue weighted by molar-refractivity contribution is 0.0948. The zero-order chi connectivity index (χ0) is 15.0. The quantitative estimate of drug-likeness (QED) is 0.817. The SMILES string of the molecule is CSCC(C)CNC(=O)c1cccc(C#CCO)c1C. The molecule has 1 amide bonds. The van der Waals surface area contributed by atoms with Crippen molar-refractivity contribution in [1.29, 1.82) is 0 Å². The minimum Gasteiger partial charge on any atom is -0.384 e. The number of benzene rings is 1. The van der Waals surface area contributed by atoms with Crippen LogP contribution in [0, 0.1) is 24.7 Å². The summed E-state index contributed by atoms with van der Waals surface area (Å²) >= 11 is 1.78. The standard InChI is InChI=1S/C16H21NO2S/c1-12(11-20-3)10-17-16(19)15-8-4-6-14(13(15)2)7-5-9-18/h4,6,8,12,18H,9-11H2,1-3H3,(H,17,19). The van der Waals surface area contributed by atoms with E-state index in [9.17, 15) is 4.79 Å². The fourth-order valence-corrected chi connectivity index (χ4v) is 2.54. The maximum absolute atomic E-state index is 12.2. The van der Waals surface area contributed by atoms with Gasteiger partial charge in [-0.3, -0.25) is 4.79 Å². The van der Waals surface area contributed by atoms with Gasteiger partial charge in [-0.25, -0.2) is 0 Å². The summed E-state index contributed by atoms with van der Waals surface area (Å²) in [6.07, 6.45) is 2.06. The molecule has 0 spiro atoms. The van der Waals surface area contributed by atoms with E-state index in [1.54, 1.807) is 17.8 Å². The van der Waals surface area contributed by atoms with Gasteiger partial charge < -0.3 is 10.4 Å². The molecule has 0 aliphatic carbocycles. The number of nitrogens with one attached hydrogen (secondary N) is 1. The molecule has 1 aromatic rings. The highest BCUT2D eigenvalue weighted by Crippen LogP contribution is 2.13. The summed E-state index contributed by atoms with van der Waals surface area (Å²) in [4.78, 5) is 12.2. The molecule has 1 unspecified atom stereocenters. The Bertz CT molecular complexity index is 517. The Balaban J connectivity index is 2.78. The molecule has 0 saturated carbocycles. The minimum absolute atomic E-state index is 0.0666. The molecule has 3 nitrogen and oxygen atoms in total. The number of hydrogen-bond donors (Lipinski definition) is 2. The van der Waals surface area contributed by atoms with Gasteiger partial charge in [-0.05, 0) is 42.5 Å². The first kappa shape index (κ1) is 16.6. The molecule has 1 aromatic carbocycles. The van der Waals surface area contributed by atoms with Crippen molar-refractivity contribution in [2.24, 2.45) is 5.92 Å². The summed E-state index contributed by atoms with van der Waals surface area (Å²) in [5.41, 5.74) is 2.28. The van der Waals surface area contributed by atoms with E-state index >= 15 is 0 Å². The highest BCUT2D eigenvalue weighted by molar-refractivity contribution is 7.98. The van der Waals surface area contributed by atoms with Crippen LogP contribution in [0.4, 0.5) is 0 Å². The van der Waals surface area contributed by atoms with Crippen LogP contribution in [-0.2, 0) is 0 Å². The van der Waals surface area contributed by atoms with Crippen LogP contribution in [0.3, 0.4) is 0 Å². The molecular weight excluding hydrogens is 270 g/mol. The third-order valence-electron chi connectivity index (χ3n) is 2.94. The van der Waals surface area contributed by atoms with Crippen molar-refractivity contribution in [3.63, 3.8) is 0 Å². The smallest absolute Gasteiger partial charge is 0.251 e. The average Bonchev–Trinajstić information content (AvgIpc) is 2.44. The molecule has 4 heteroatoms. The van der Waals surface area contributed by atoms with Crippen LogP contribution >= 0.6 is 11.8 Å². The van der Waals surface area contributed by atoms with Crippen molar-refractivity contribution in [2.45, 2.75) is 13.8 Å². The van der Waals surface area contributed by atoms with Gasteiger partial charge in [0.15, 0.2) is 0 Å². The fourth-order valence-electron chi connectivity index (χ4n) is 1.86. The van der Waals surface area contributed by atoms with Crippen LogP contribution in [0.5, 0.6) is 0 Å². The summed E-state index contributed by atoms with van der Waals surface area (Å²) in [5.74, 6) is 6.88. The zero-order valence-electron chi connectivity index (χ0n) is 12.2. The van der Waals surface area contributed by atoms with Gasteiger partial charge in [0.1, 0.15) is 6.61 Å². The minimum atomic E-state index is -0.179. The molecule has 108 valence electrons. The van der Waals surface area contributed by atoms with Crippen molar-refractivity contribution in [3.05, 3.63) is 34.9 Å². The zero-order valence-corrected chi connectivity index (χ0v) is 13.0. The molecule has 0 heterocycles. The van der Waals surface area contributed by atoms with Gasteiger partial charge in [-0.2, -0.15) is 11.8 Å². The number of carbonyl (C=O) groups is 1. The van der Waals surface area contributed by atoms with Crippen molar-refractivity contribution in [1.82, 2.24) is 5.32 Å². The first-order valence-electron chi connectivity index (χ1n) is 6.56. The van der Waals surface area contributed by atoms with Crippen LogP contribution in [-0.4, -0.2) is 36.2 Å². The second kappa shape index (κ2) is 8.68. The van der Waals surface area contributed by atoms with E-state index < -0.39 is 0 Å². The summed E-state index contributed by atoms with van der Waals surface area (Å²) in [5, 5.41) is 11.7. The number of aliphatic hydroxyl groups is 1. The summed E-state index contributed by atoms with van der Waals surface area (Å²) in [7, 11) is 0. The normalized spacial score (nSPS) is 11.4. The van der Waals surface area contributed by atoms with E-state index in [4.69, 9.17) is 5.11 Å². The molecule has 0 radical (unpaired) electrons. The van der Waals surface area contributed by atoms with E-state index in [-0.39, 0.29) is 12.5 Å². The van der Waals surface area contributed by atoms with Crippen molar-refractivity contribution in [2.75, 3.05) is 25.2 Å². The van der Waals surface area contributed by atoms with Gasteiger partial charge in [0.05, 0.1) is 0 Å². The predicted molar refractivity (Wildman–Crippen MR) is 85.0 cm³/mol. The van der Waals surface area contributed by atoms with Crippen LogP contribution in [0.1, 0.15) is 28.4 Å². The lowest BCUT2D eigenvalue weighted by atomic mass is 10.0. The van der Waals surface area contributed by atoms with Gasteiger partial charge in [0.25, 0.3) is 5.91 Å². The van der Waals surface area contributed by atoms with Crippen molar-refractivity contribution in [3.8, 4) is 11.8 Å². The predicted octanol–water partition coefficient (Wildman–Crippen LogP) is 2.07. The third-order valence-corrected chi connectivity index (χ3v) is 3.85. The number of aliphatic hydroxyl groups excluding tert-OH is 1. The Hall–Kier alpha value is -1.44. The van der Waals surface area contributed by atoms with E-state index in [2.05, 4.69) is 30.3 Å². The highest BCUT2D eigenvalue weighted by Gasteiger charge is 2.11. The summed E-state index contributed by atoms with van der Waals surface area (Å²) in [6.45, 7) is 4.49. The van der Waals surface area contributed by atoms with Crippen LogP contribution in [0.15, 0.2) is 18.2 Å². The molecule has 0 aliphatic rings. The lowest BCUT2D eigenvalue weighted by Gasteiger charge is -2.13. The number of carbonyl (C=O) groups excluding carboxylic acids is 1. The largest absolute Gasteiger partial charge is 0.384 e. The Morgan fingerprint density at radius 1 is 1.50 bits per heavy atom. The third kappa shape index (κ3) is 4.92. The van der Waals surface area contributed by atoms with Gasteiger partial charge in [-0.1, -0.05) is 24.8 Å². The van der Waals surface area contributed by atoms with Crippen LogP contribution < -0.4 is 5.32 Å². The maximum Gasteiger partial charge on any atom is 0.251 e. The summed E-state index contributed by atoms with van der Waals surface area (Å²) in [6, 6.07) is 5.47. The molecule has 0 aromatic heterocycles. The lowest BCUT2D eigenvalue weighted by Crippen LogP contribution is -2.29. The van der Waals surface area contributed by atoms with Crippen molar-refractivity contribution < 1.29 is 9.90 Å². The van der Waals surface area contributed by atoms with Gasteiger partial charge in [-0.15, -0.1) is 0 Å². The molecule has 2 N–H and O–H groups in total. The maximum atomic E-state index is 12.2. The first-order valence-corrected chi connectivity index (χ1v) is 7.96. The number of thioether (sulfide) groups is 1. The Labute approximate surface area is 125 Å². The second-order valence-corrected chi connectivity index (χ2v) is 5.62. The number of rotatable bonds is 5. The van der Waals surface area contributed by atoms with E-state index in [0.717, 1.165) is 16.9 Å².